The van der Waals surface area contributed by atoms with Gasteiger partial charge in [0.05, 0.1) is 11.6 Å². The van der Waals surface area contributed by atoms with Gasteiger partial charge in [-0.3, -0.25) is 14.7 Å². The smallest absolute Gasteiger partial charge is 0.243 e. The van der Waals surface area contributed by atoms with E-state index in [1.165, 1.54) is 0 Å². The quantitative estimate of drug-likeness (QED) is 0.156. The summed E-state index contributed by atoms with van der Waals surface area (Å²) in [5.74, 6) is 1.92. The lowest BCUT2D eigenvalue weighted by Crippen LogP contribution is -2.17. The fraction of sp³-hybridized carbons (Fsp3) is 0.438. The van der Waals surface area contributed by atoms with Gasteiger partial charge in [-0.2, -0.15) is 0 Å². The van der Waals surface area contributed by atoms with Crippen LogP contribution < -0.4 is 14.9 Å². The second kappa shape index (κ2) is 10.5. The predicted octanol–water partition coefficient (Wildman–Crippen LogP) is 3.59. The number of hydrogen-bond donors (Lipinski definition) is 4. The van der Waals surface area contributed by atoms with Gasteiger partial charge in [0.25, 0.3) is 0 Å². The fourth-order valence-corrected chi connectivity index (χ4v) is 4.08. The summed E-state index contributed by atoms with van der Waals surface area (Å²) in [4.78, 5) is 16.1. The second-order valence-electron chi connectivity index (χ2n) is 5.47. The Balaban J connectivity index is 1.69. The Morgan fingerprint density at radius 1 is 1.40 bits per heavy atom. The fourth-order valence-electron chi connectivity index (χ4n) is 2.27. The molecule has 9 heteroatoms. The van der Waals surface area contributed by atoms with Gasteiger partial charge in [0.1, 0.15) is 5.75 Å². The number of hydroxylamine groups is 1. The van der Waals surface area contributed by atoms with E-state index in [0.717, 1.165) is 47.2 Å². The van der Waals surface area contributed by atoms with Crippen molar-refractivity contribution in [2.75, 3.05) is 12.9 Å². The maximum absolute atomic E-state index is 10.9. The molecule has 1 aliphatic heterocycles. The van der Waals surface area contributed by atoms with Gasteiger partial charge in [-0.25, -0.2) is 5.48 Å². The third-order valence-corrected chi connectivity index (χ3v) is 5.63. The molecule has 1 saturated heterocycles. The van der Waals surface area contributed by atoms with Crippen molar-refractivity contribution in [2.45, 2.75) is 32.1 Å². The topological polar surface area (TPSA) is 89.1 Å². The zero-order valence-corrected chi connectivity index (χ0v) is 16.4. The molecule has 1 aromatic carbocycles. The zero-order valence-electron chi connectivity index (χ0n) is 14.0. The van der Waals surface area contributed by atoms with Crippen LogP contribution in [0.4, 0.5) is 0 Å². The van der Waals surface area contributed by atoms with Crippen LogP contribution in [0.3, 0.4) is 0 Å². The van der Waals surface area contributed by atoms with Crippen LogP contribution in [-0.4, -0.2) is 24.0 Å². The van der Waals surface area contributed by atoms with E-state index >= 15 is 0 Å². The summed E-state index contributed by atoms with van der Waals surface area (Å²) in [5.41, 5.74) is 2.61. The van der Waals surface area contributed by atoms with E-state index in [0.29, 0.717) is 12.3 Å². The molecule has 1 aliphatic rings. The van der Waals surface area contributed by atoms with Crippen LogP contribution >= 0.6 is 27.3 Å². The first kappa shape index (κ1) is 19.9. The number of nitrogens with one attached hydrogen (secondary N) is 2. The summed E-state index contributed by atoms with van der Waals surface area (Å²) in [5, 5.41) is 8.40. The molecule has 0 spiro atoms. The third-order valence-electron chi connectivity index (χ3n) is 3.57. The van der Waals surface area contributed by atoms with E-state index in [-0.39, 0.29) is 5.91 Å². The Morgan fingerprint density at radius 2 is 2.20 bits per heavy atom. The molecule has 7 nitrogen and oxygen atoms in total. The Labute approximate surface area is 158 Å². The van der Waals surface area contributed by atoms with Gasteiger partial charge in [0, 0.05) is 18.2 Å². The maximum atomic E-state index is 10.9. The largest absolute Gasteiger partial charge is 0.496 e. The molecule has 1 unspecified atom stereocenters. The molecule has 1 aromatic rings. The minimum Gasteiger partial charge on any atom is -0.496 e. The van der Waals surface area contributed by atoms with Gasteiger partial charge in [0.15, 0.2) is 0 Å². The SMILES string of the molecule is COc1ccc(/C=C2/N[SH](CCCCCCC(=O)NO)OO2)cc1Br. The molecule has 1 heterocycles. The maximum Gasteiger partial charge on any atom is 0.243 e. The highest BCUT2D eigenvalue weighted by molar-refractivity contribution is 9.10. The first-order valence-electron chi connectivity index (χ1n) is 7.99. The van der Waals surface area contributed by atoms with Gasteiger partial charge < -0.3 is 9.62 Å². The molecule has 0 bridgehead atoms. The molecular formula is C16H23BrN2O5S. The Kier molecular flexibility index (Phi) is 8.39. The highest BCUT2D eigenvalue weighted by Crippen LogP contribution is 2.34. The number of hydrogen-bond acceptors (Lipinski definition) is 6. The third kappa shape index (κ3) is 6.77. The number of ether oxygens (including phenoxy) is 1. The lowest BCUT2D eigenvalue weighted by Gasteiger charge is -2.09. The van der Waals surface area contributed by atoms with Crippen LogP contribution in [-0.2, 0) is 14.0 Å². The van der Waals surface area contributed by atoms with Crippen LogP contribution in [0.5, 0.6) is 5.75 Å². The standard InChI is InChI=1S/C16H23BrN2O5S/c1-22-14-8-7-12(10-13(14)17)11-16-19-25(24-23-16)9-5-3-2-4-6-15(20)18-21/h7-8,10-11,19,21,25H,2-6,9H2,1H3,(H,18,20)/b16-11-. The zero-order chi connectivity index (χ0) is 18.1. The van der Waals surface area contributed by atoms with Gasteiger partial charge >= 0.3 is 0 Å². The first-order valence-corrected chi connectivity index (χ1v) is 10.2. The molecule has 0 aromatic heterocycles. The lowest BCUT2D eigenvalue weighted by molar-refractivity contribution is -0.135. The summed E-state index contributed by atoms with van der Waals surface area (Å²) in [7, 11) is 1.63. The number of unbranched alkanes of at least 4 members (excludes halogenated alkanes) is 3. The highest BCUT2D eigenvalue weighted by Gasteiger charge is 2.17. The van der Waals surface area contributed by atoms with Crippen molar-refractivity contribution in [1.29, 1.82) is 0 Å². The summed E-state index contributed by atoms with van der Waals surface area (Å²) < 4.78 is 14.7. The van der Waals surface area contributed by atoms with Crippen molar-refractivity contribution in [3.63, 3.8) is 0 Å². The average Bonchev–Trinajstić information content (AvgIpc) is 3.05. The molecular weight excluding hydrogens is 412 g/mol. The van der Waals surface area contributed by atoms with E-state index in [1.807, 2.05) is 24.3 Å². The first-order chi connectivity index (χ1) is 12.1. The van der Waals surface area contributed by atoms with Crippen LogP contribution in [0.2, 0.25) is 0 Å². The molecule has 1 amide bonds. The monoisotopic (exact) mass is 434 g/mol. The number of halogens is 1. The number of rotatable bonds is 9. The van der Waals surface area contributed by atoms with Gasteiger partial charge in [0.2, 0.25) is 11.8 Å². The van der Waals surface area contributed by atoms with E-state index < -0.39 is 11.4 Å². The van der Waals surface area contributed by atoms with Crippen LogP contribution in [0.25, 0.3) is 6.08 Å². The molecule has 2 rings (SSSR count). The minimum atomic E-state index is -0.830. The number of thiol groups is 1. The second-order valence-corrected chi connectivity index (χ2v) is 7.90. The average molecular weight is 435 g/mol. The van der Waals surface area contributed by atoms with Crippen molar-refractivity contribution in [3.05, 3.63) is 34.1 Å². The molecule has 0 saturated carbocycles. The Morgan fingerprint density at radius 3 is 2.92 bits per heavy atom. The van der Waals surface area contributed by atoms with E-state index in [1.54, 1.807) is 12.6 Å². The number of methoxy groups -OCH3 is 1. The summed E-state index contributed by atoms with van der Waals surface area (Å²) in [6.45, 7) is 0. The van der Waals surface area contributed by atoms with E-state index in [9.17, 15) is 4.79 Å². The molecule has 1 atom stereocenters. The lowest BCUT2D eigenvalue weighted by atomic mass is 10.1. The highest BCUT2D eigenvalue weighted by atomic mass is 79.9. The van der Waals surface area contributed by atoms with Crippen molar-refractivity contribution in [1.82, 2.24) is 10.2 Å². The Bertz CT molecular complexity index is 614. The number of carbonyl (C=O) groups is 1. The Hall–Kier alpha value is -1.42. The number of carbonyl (C=O) groups excluding carboxylic acids is 1. The molecule has 1 fully saturated rings. The van der Waals surface area contributed by atoms with E-state index in [2.05, 4.69) is 20.7 Å². The number of benzene rings is 1. The van der Waals surface area contributed by atoms with Gasteiger partial charge in [-0.1, -0.05) is 18.9 Å². The van der Waals surface area contributed by atoms with Crippen molar-refractivity contribution < 1.29 is 24.0 Å². The minimum absolute atomic E-state index is 0.335. The number of amides is 1. The molecule has 25 heavy (non-hydrogen) atoms. The summed E-state index contributed by atoms with van der Waals surface area (Å²) in [6.07, 6.45) is 5.94. The van der Waals surface area contributed by atoms with Crippen LogP contribution in [0.1, 0.15) is 37.7 Å². The van der Waals surface area contributed by atoms with Crippen molar-refractivity contribution >= 4 is 39.3 Å². The summed E-state index contributed by atoms with van der Waals surface area (Å²) in [6, 6.07) is 5.76. The summed E-state index contributed by atoms with van der Waals surface area (Å²) >= 11 is 2.63. The van der Waals surface area contributed by atoms with Crippen LogP contribution in [0.15, 0.2) is 28.6 Å². The van der Waals surface area contributed by atoms with Crippen LogP contribution in [0, 0.1) is 0 Å². The molecule has 140 valence electrons. The molecule has 0 radical (unpaired) electrons. The van der Waals surface area contributed by atoms with Crippen molar-refractivity contribution in [3.8, 4) is 5.75 Å². The molecule has 0 aliphatic carbocycles. The molecule has 3 N–H and O–H groups in total. The normalized spacial score (nSPS) is 19.3. The van der Waals surface area contributed by atoms with Gasteiger partial charge in [-0.15, -0.1) is 4.33 Å². The van der Waals surface area contributed by atoms with E-state index in [4.69, 9.17) is 19.2 Å². The van der Waals surface area contributed by atoms with Crippen molar-refractivity contribution in [2.24, 2.45) is 0 Å². The predicted molar refractivity (Wildman–Crippen MR) is 101 cm³/mol. The van der Waals surface area contributed by atoms with Gasteiger partial charge in [-0.05, 0) is 57.8 Å².